The van der Waals surface area contributed by atoms with Crippen molar-refractivity contribution < 1.29 is 13.9 Å². The quantitative estimate of drug-likeness (QED) is 0.511. The Morgan fingerprint density at radius 3 is 2.57 bits per heavy atom. The van der Waals surface area contributed by atoms with Crippen LogP contribution in [0.5, 0.6) is 0 Å². The molecule has 0 saturated carbocycles. The first-order valence-corrected chi connectivity index (χ1v) is 7.14. The van der Waals surface area contributed by atoms with Crippen molar-refractivity contribution in [2.45, 2.75) is 6.92 Å². The number of methoxy groups -OCH3 is 1. The molecule has 0 spiro atoms. The van der Waals surface area contributed by atoms with E-state index < -0.39 is 5.97 Å². The van der Waals surface area contributed by atoms with E-state index in [1.54, 1.807) is 12.1 Å². The van der Waals surface area contributed by atoms with Crippen LogP contribution < -0.4 is 0 Å². The molecule has 0 fully saturated rings. The number of aromatic nitrogens is 1. The number of pyridine rings is 1. The van der Waals surface area contributed by atoms with Gasteiger partial charge in [-0.3, -0.25) is 0 Å². The minimum atomic E-state index is -0.463. The number of fused-ring (bicyclic) bond motifs is 1. The number of hydrogen-bond donors (Lipinski definition) is 0. The number of aryl methyl sites for hydroxylation is 1. The molecule has 2 aromatic heterocycles. The lowest BCUT2D eigenvalue weighted by Crippen LogP contribution is -2.02. The molecule has 4 nitrogen and oxygen atoms in total. The second-order valence-corrected chi connectivity index (χ2v) is 5.46. The molecule has 106 valence electrons. The molecule has 0 atom stereocenters. The van der Waals surface area contributed by atoms with E-state index in [9.17, 15) is 4.79 Å². The number of nitrogens with zero attached hydrogens (tertiary/aromatic N) is 1. The van der Waals surface area contributed by atoms with Crippen LogP contribution in [0.1, 0.15) is 15.9 Å². The van der Waals surface area contributed by atoms with Crippen molar-refractivity contribution in [3.05, 3.63) is 52.1 Å². The van der Waals surface area contributed by atoms with E-state index in [0.717, 1.165) is 11.1 Å². The van der Waals surface area contributed by atoms with Crippen LogP contribution >= 0.6 is 15.9 Å². The fraction of sp³-hybridized carbons (Fsp3) is 0.125. The highest BCUT2D eigenvalue weighted by atomic mass is 79.9. The maximum atomic E-state index is 12.1. The number of rotatable bonds is 2. The molecule has 0 radical (unpaired) electrons. The topological polar surface area (TPSA) is 52.3 Å². The fourth-order valence-corrected chi connectivity index (χ4v) is 2.46. The summed E-state index contributed by atoms with van der Waals surface area (Å²) in [6, 6.07) is 11.3. The van der Waals surface area contributed by atoms with E-state index >= 15 is 0 Å². The number of hydrogen-bond acceptors (Lipinski definition) is 4. The standard InChI is InChI=1S/C16H12BrNO3/c1-9-3-5-10(6-4-9)15-13(16(19)20-2)14-11(21-15)7-8-12(17)18-14/h3-8H,1-2H3. The van der Waals surface area contributed by atoms with Crippen molar-refractivity contribution in [2.75, 3.05) is 7.11 Å². The molecule has 0 amide bonds. The van der Waals surface area contributed by atoms with Gasteiger partial charge in [0.25, 0.3) is 0 Å². The molecule has 0 aliphatic heterocycles. The van der Waals surface area contributed by atoms with Crippen molar-refractivity contribution in [1.82, 2.24) is 4.98 Å². The molecule has 0 aliphatic carbocycles. The summed E-state index contributed by atoms with van der Waals surface area (Å²) >= 11 is 3.31. The van der Waals surface area contributed by atoms with Crippen LogP contribution in [-0.4, -0.2) is 18.1 Å². The SMILES string of the molecule is COC(=O)c1c(-c2ccc(C)cc2)oc2ccc(Br)nc12. The van der Waals surface area contributed by atoms with Gasteiger partial charge >= 0.3 is 5.97 Å². The predicted octanol–water partition coefficient (Wildman–Crippen LogP) is 4.35. The van der Waals surface area contributed by atoms with Crippen molar-refractivity contribution in [3.8, 4) is 11.3 Å². The molecule has 1 aromatic carbocycles. The molecule has 0 N–H and O–H groups in total. The normalized spacial score (nSPS) is 10.8. The number of esters is 1. The van der Waals surface area contributed by atoms with Crippen LogP contribution in [0, 0.1) is 6.92 Å². The van der Waals surface area contributed by atoms with Gasteiger partial charge in [-0.05, 0) is 35.0 Å². The van der Waals surface area contributed by atoms with Crippen LogP contribution in [0.15, 0.2) is 45.4 Å². The first-order chi connectivity index (χ1) is 10.1. The number of furan rings is 1. The second-order valence-electron chi connectivity index (χ2n) is 4.64. The maximum Gasteiger partial charge on any atom is 0.344 e. The van der Waals surface area contributed by atoms with E-state index in [-0.39, 0.29) is 0 Å². The lowest BCUT2D eigenvalue weighted by Gasteiger charge is -2.02. The largest absolute Gasteiger partial charge is 0.465 e. The molecule has 5 heteroatoms. The highest BCUT2D eigenvalue weighted by Gasteiger charge is 2.24. The number of benzene rings is 1. The Balaban J connectivity index is 2.30. The zero-order valence-electron chi connectivity index (χ0n) is 11.5. The van der Waals surface area contributed by atoms with Crippen molar-refractivity contribution in [2.24, 2.45) is 0 Å². The molecular weight excluding hydrogens is 334 g/mol. The first kappa shape index (κ1) is 13.8. The van der Waals surface area contributed by atoms with Crippen LogP contribution in [0.25, 0.3) is 22.4 Å². The Morgan fingerprint density at radius 2 is 1.90 bits per heavy atom. The molecule has 21 heavy (non-hydrogen) atoms. The van der Waals surface area contributed by atoms with Crippen LogP contribution in [-0.2, 0) is 4.74 Å². The molecule has 0 unspecified atom stereocenters. The predicted molar refractivity (Wildman–Crippen MR) is 83.2 cm³/mol. The third kappa shape index (κ3) is 2.45. The van der Waals surface area contributed by atoms with Gasteiger partial charge in [0.05, 0.1) is 7.11 Å². The minimum Gasteiger partial charge on any atom is -0.465 e. The van der Waals surface area contributed by atoms with E-state index in [1.807, 2.05) is 31.2 Å². The molecular formula is C16H12BrNO3. The van der Waals surface area contributed by atoms with Gasteiger partial charge in [-0.15, -0.1) is 0 Å². The lowest BCUT2D eigenvalue weighted by molar-refractivity contribution is 0.0603. The second kappa shape index (κ2) is 5.33. The monoisotopic (exact) mass is 345 g/mol. The number of carbonyl (C=O) groups excluding carboxylic acids is 1. The van der Waals surface area contributed by atoms with E-state index in [4.69, 9.17) is 9.15 Å². The Kier molecular flexibility index (Phi) is 3.51. The fourth-order valence-electron chi connectivity index (χ4n) is 2.15. The Labute approximate surface area is 129 Å². The highest BCUT2D eigenvalue weighted by Crippen LogP contribution is 2.34. The molecule has 2 heterocycles. The Morgan fingerprint density at radius 1 is 1.19 bits per heavy atom. The summed E-state index contributed by atoms with van der Waals surface area (Å²) in [5, 5.41) is 0. The summed E-state index contributed by atoms with van der Waals surface area (Å²) < 4.78 is 11.3. The maximum absolute atomic E-state index is 12.1. The number of ether oxygens (including phenoxy) is 1. The average molecular weight is 346 g/mol. The van der Waals surface area contributed by atoms with E-state index in [0.29, 0.717) is 27.0 Å². The summed E-state index contributed by atoms with van der Waals surface area (Å²) in [4.78, 5) is 16.5. The lowest BCUT2D eigenvalue weighted by atomic mass is 10.1. The number of carbonyl (C=O) groups is 1. The molecule has 0 bridgehead atoms. The van der Waals surface area contributed by atoms with Crippen LogP contribution in [0.4, 0.5) is 0 Å². The van der Waals surface area contributed by atoms with Crippen molar-refractivity contribution in [3.63, 3.8) is 0 Å². The van der Waals surface area contributed by atoms with Crippen molar-refractivity contribution in [1.29, 1.82) is 0 Å². The number of halogens is 1. The van der Waals surface area contributed by atoms with Gasteiger partial charge in [-0.25, -0.2) is 9.78 Å². The highest BCUT2D eigenvalue weighted by molar-refractivity contribution is 9.10. The summed E-state index contributed by atoms with van der Waals surface area (Å²) in [5.74, 6) is 0.0115. The van der Waals surface area contributed by atoms with Gasteiger partial charge in [-0.1, -0.05) is 29.8 Å². The van der Waals surface area contributed by atoms with Gasteiger partial charge in [-0.2, -0.15) is 0 Å². The van der Waals surface area contributed by atoms with Gasteiger partial charge in [0.2, 0.25) is 0 Å². The van der Waals surface area contributed by atoms with Gasteiger partial charge in [0.15, 0.2) is 11.3 Å². The minimum absolute atomic E-state index is 0.345. The van der Waals surface area contributed by atoms with Gasteiger partial charge in [0, 0.05) is 5.56 Å². The van der Waals surface area contributed by atoms with Crippen LogP contribution in [0.3, 0.4) is 0 Å². The summed E-state index contributed by atoms with van der Waals surface area (Å²) in [5.41, 5.74) is 3.34. The Bertz CT molecular complexity index is 821. The van der Waals surface area contributed by atoms with Gasteiger partial charge in [0.1, 0.15) is 15.7 Å². The average Bonchev–Trinajstić information content (AvgIpc) is 2.85. The molecule has 0 saturated heterocycles. The van der Waals surface area contributed by atoms with Crippen LogP contribution in [0.2, 0.25) is 0 Å². The third-order valence-electron chi connectivity index (χ3n) is 3.20. The smallest absolute Gasteiger partial charge is 0.344 e. The Hall–Kier alpha value is -2.14. The van der Waals surface area contributed by atoms with Crippen molar-refractivity contribution >= 4 is 33.0 Å². The van der Waals surface area contributed by atoms with E-state index in [1.165, 1.54) is 7.11 Å². The summed E-state index contributed by atoms with van der Waals surface area (Å²) in [6.07, 6.45) is 0. The molecule has 3 rings (SSSR count). The zero-order chi connectivity index (χ0) is 15.0. The van der Waals surface area contributed by atoms with Gasteiger partial charge < -0.3 is 9.15 Å². The summed E-state index contributed by atoms with van der Waals surface area (Å²) in [7, 11) is 1.35. The summed E-state index contributed by atoms with van der Waals surface area (Å²) in [6.45, 7) is 2.00. The molecule has 0 aliphatic rings. The zero-order valence-corrected chi connectivity index (χ0v) is 13.1. The first-order valence-electron chi connectivity index (χ1n) is 6.34. The molecule has 3 aromatic rings. The van der Waals surface area contributed by atoms with E-state index in [2.05, 4.69) is 20.9 Å². The third-order valence-corrected chi connectivity index (χ3v) is 3.65.